The maximum Gasteiger partial charge on any atom is 0.408 e. The number of anilines is 1. The Balaban J connectivity index is 1.69. The fourth-order valence-electron chi connectivity index (χ4n) is 5.44. The van der Waals surface area contributed by atoms with E-state index < -0.39 is 65.9 Å². The summed E-state index contributed by atoms with van der Waals surface area (Å²) >= 11 is 0. The van der Waals surface area contributed by atoms with E-state index in [1.165, 1.54) is 16.6 Å². The first-order chi connectivity index (χ1) is 20.7. The number of aliphatic carboxylic acids is 1. The van der Waals surface area contributed by atoms with Gasteiger partial charge in [-0.25, -0.2) is 14.3 Å². The van der Waals surface area contributed by atoms with E-state index in [2.05, 4.69) is 20.7 Å². The molecule has 14 nitrogen and oxygen atoms in total. The largest absolute Gasteiger partial charge is 0.481 e. The monoisotopic (exact) mass is 608 g/mol. The van der Waals surface area contributed by atoms with Gasteiger partial charge in [-0.3, -0.25) is 9.59 Å². The normalized spacial score (nSPS) is 23.1. The number of hydrogen-bond donors (Lipinski definition) is 5. The van der Waals surface area contributed by atoms with E-state index in [-0.39, 0.29) is 22.9 Å². The molecule has 0 radical (unpaired) electrons. The Labute approximate surface area is 253 Å². The predicted molar refractivity (Wildman–Crippen MR) is 155 cm³/mol. The summed E-state index contributed by atoms with van der Waals surface area (Å²) in [5.74, 6) is -4.66. The van der Waals surface area contributed by atoms with Gasteiger partial charge in [0.2, 0.25) is 11.5 Å². The highest BCUT2D eigenvalue weighted by molar-refractivity contribution is 5.98. The van der Waals surface area contributed by atoms with Crippen molar-refractivity contribution in [3.63, 3.8) is 0 Å². The Kier molecular flexibility index (Phi) is 9.24. The molecule has 44 heavy (non-hydrogen) atoms. The number of rotatable bonds is 9. The third-order valence-corrected chi connectivity index (χ3v) is 7.40. The molecule has 0 bridgehead atoms. The molecule has 2 aromatic heterocycles. The van der Waals surface area contributed by atoms with Crippen LogP contribution < -0.4 is 10.6 Å². The van der Waals surface area contributed by atoms with Crippen molar-refractivity contribution in [2.24, 2.45) is 11.8 Å². The quantitative estimate of drug-likeness (QED) is 0.238. The summed E-state index contributed by atoms with van der Waals surface area (Å²) in [6, 6.07) is 12.1. The molecule has 1 fully saturated rings. The number of aliphatic hydroxyl groups excluding tert-OH is 2. The Bertz CT molecular complexity index is 1560. The molecular formula is C30H36N6O8. The molecule has 0 saturated carbocycles. The third-order valence-electron chi connectivity index (χ3n) is 7.40. The van der Waals surface area contributed by atoms with E-state index in [1.807, 2.05) is 6.07 Å². The highest BCUT2D eigenvalue weighted by Crippen LogP contribution is 2.48. The number of nitrogens with one attached hydrogen (secondary N) is 2. The van der Waals surface area contributed by atoms with Crippen LogP contribution >= 0.6 is 0 Å². The molecule has 1 aliphatic rings. The number of aromatic nitrogens is 3. The van der Waals surface area contributed by atoms with Crippen LogP contribution in [-0.4, -0.2) is 78.3 Å². The molecular weight excluding hydrogens is 572 g/mol. The van der Waals surface area contributed by atoms with Crippen molar-refractivity contribution in [1.82, 2.24) is 19.9 Å². The topological polar surface area (TPSA) is 208 Å². The fourth-order valence-corrected chi connectivity index (χ4v) is 5.44. The molecule has 1 aromatic carbocycles. The van der Waals surface area contributed by atoms with Crippen LogP contribution in [-0.2, 0) is 24.7 Å². The van der Waals surface area contributed by atoms with Gasteiger partial charge in [0.15, 0.2) is 5.82 Å². The van der Waals surface area contributed by atoms with Crippen LogP contribution in [0.5, 0.6) is 0 Å². The number of alkyl carbamates (subject to hydrolysis) is 1. The summed E-state index contributed by atoms with van der Waals surface area (Å²) in [5, 5.41) is 51.8. The van der Waals surface area contributed by atoms with Gasteiger partial charge in [0.1, 0.15) is 35.7 Å². The zero-order valence-corrected chi connectivity index (χ0v) is 25.0. The number of hydrogen-bond acceptors (Lipinski definition) is 10. The lowest BCUT2D eigenvalue weighted by atomic mass is 9.76. The maximum atomic E-state index is 13.3. The van der Waals surface area contributed by atoms with Gasteiger partial charge in [-0.1, -0.05) is 44.2 Å². The number of benzene rings is 1. The fraction of sp³-hybridized carbons (Fsp3) is 0.467. The average Bonchev–Trinajstić information content (AvgIpc) is 3.51. The Hall–Kier alpha value is -4.58. The van der Waals surface area contributed by atoms with Crippen LogP contribution in [0.4, 0.5) is 10.6 Å². The van der Waals surface area contributed by atoms with Crippen LogP contribution in [0, 0.1) is 23.2 Å². The molecule has 5 N–H and O–H groups in total. The summed E-state index contributed by atoms with van der Waals surface area (Å²) in [4.78, 5) is 42.3. The molecule has 14 heteroatoms. The van der Waals surface area contributed by atoms with Crippen molar-refractivity contribution >= 4 is 29.3 Å². The predicted octanol–water partition coefficient (Wildman–Crippen LogP) is 2.17. The highest BCUT2D eigenvalue weighted by Gasteiger charge is 2.60. The van der Waals surface area contributed by atoms with E-state index in [0.29, 0.717) is 5.56 Å². The standard InChI is InChI=1S/C30H36N6O8/c1-16(2)23(34-28(42)44-29(3,4)5)26(39)35-25-18-11-12-20(36(18)33-15-32-25)30(14-31)24(38)22(19(13-37)43-30)21(27(40)41)17-9-7-6-8-10-17/h6-12,15-16,19,21-24,37-38H,13H2,1-5H3,(H,34,42)(H,40,41)(H,32,33,35,39)/t19?,21?,22-,23?,24+,30-/m0/s1. The van der Waals surface area contributed by atoms with E-state index >= 15 is 0 Å². The number of carbonyl (C=O) groups excluding carboxylic acids is 2. The molecule has 2 amide bonds. The summed E-state index contributed by atoms with van der Waals surface area (Å²) in [5.41, 5.74) is -2.28. The second-order valence-corrected chi connectivity index (χ2v) is 11.9. The number of carbonyl (C=O) groups is 3. The molecule has 0 spiro atoms. The molecule has 6 atom stereocenters. The number of nitriles is 1. The number of fused-ring (bicyclic) bond motifs is 1. The van der Waals surface area contributed by atoms with E-state index in [4.69, 9.17) is 9.47 Å². The number of amides is 2. The number of carboxylic acid groups (broad SMARTS) is 1. The molecule has 3 unspecified atom stereocenters. The van der Waals surface area contributed by atoms with E-state index in [1.54, 1.807) is 65.0 Å². The first-order valence-corrected chi connectivity index (χ1v) is 14.0. The van der Waals surface area contributed by atoms with Gasteiger partial charge in [0.05, 0.1) is 24.3 Å². The molecule has 234 valence electrons. The minimum Gasteiger partial charge on any atom is -0.481 e. The highest BCUT2D eigenvalue weighted by atomic mass is 16.6. The lowest BCUT2D eigenvalue weighted by Gasteiger charge is -2.28. The lowest BCUT2D eigenvalue weighted by Crippen LogP contribution is -2.48. The van der Waals surface area contributed by atoms with Gasteiger partial charge in [0.25, 0.3) is 0 Å². The number of carboxylic acids is 1. The lowest BCUT2D eigenvalue weighted by molar-refractivity contribution is -0.142. The first-order valence-electron chi connectivity index (χ1n) is 14.0. The van der Waals surface area contributed by atoms with Gasteiger partial charge < -0.3 is 35.4 Å². The van der Waals surface area contributed by atoms with Crippen LogP contribution in [0.3, 0.4) is 0 Å². The minimum atomic E-state index is -2.14. The van der Waals surface area contributed by atoms with E-state index in [9.17, 15) is 35.0 Å². The Morgan fingerprint density at radius 2 is 1.86 bits per heavy atom. The van der Waals surface area contributed by atoms with Crippen molar-refractivity contribution < 1.29 is 39.2 Å². The van der Waals surface area contributed by atoms with Crippen molar-refractivity contribution in [2.45, 2.75) is 70.0 Å². The van der Waals surface area contributed by atoms with Gasteiger partial charge >= 0.3 is 12.1 Å². The van der Waals surface area contributed by atoms with Crippen molar-refractivity contribution in [3.05, 3.63) is 60.0 Å². The first kappa shape index (κ1) is 32.3. The van der Waals surface area contributed by atoms with Crippen LogP contribution in [0.25, 0.3) is 5.52 Å². The minimum absolute atomic E-state index is 0.0332. The Morgan fingerprint density at radius 3 is 2.43 bits per heavy atom. The number of ether oxygens (including phenoxy) is 2. The average molecular weight is 609 g/mol. The van der Waals surface area contributed by atoms with Gasteiger partial charge in [0, 0.05) is 5.92 Å². The van der Waals surface area contributed by atoms with Crippen molar-refractivity contribution in [2.75, 3.05) is 11.9 Å². The van der Waals surface area contributed by atoms with Gasteiger partial charge in [-0.05, 0) is 44.4 Å². The molecule has 4 rings (SSSR count). The van der Waals surface area contributed by atoms with Crippen LogP contribution in [0.1, 0.15) is 51.8 Å². The maximum absolute atomic E-state index is 13.3. The van der Waals surface area contributed by atoms with E-state index in [0.717, 1.165) is 6.33 Å². The smallest absolute Gasteiger partial charge is 0.408 e. The van der Waals surface area contributed by atoms with Gasteiger partial charge in [-0.2, -0.15) is 10.4 Å². The second-order valence-electron chi connectivity index (χ2n) is 11.9. The van der Waals surface area contributed by atoms with Crippen molar-refractivity contribution in [1.29, 1.82) is 5.26 Å². The molecule has 1 saturated heterocycles. The second kappa shape index (κ2) is 12.6. The van der Waals surface area contributed by atoms with Gasteiger partial charge in [-0.15, -0.1) is 0 Å². The van der Waals surface area contributed by atoms with Crippen molar-refractivity contribution in [3.8, 4) is 6.07 Å². The summed E-state index contributed by atoms with van der Waals surface area (Å²) < 4.78 is 12.5. The zero-order valence-electron chi connectivity index (χ0n) is 25.0. The third kappa shape index (κ3) is 6.21. The van der Waals surface area contributed by atoms with Crippen LogP contribution in [0.15, 0.2) is 48.8 Å². The summed E-state index contributed by atoms with van der Waals surface area (Å²) in [6.45, 7) is 7.93. The summed E-state index contributed by atoms with van der Waals surface area (Å²) in [7, 11) is 0. The number of nitrogens with zero attached hydrogens (tertiary/aromatic N) is 4. The SMILES string of the molecule is CC(C)C(NC(=O)OC(C)(C)C)C(=O)Nc1ncnn2c([C@]3(C#N)OC(CO)[C@@H](C(C(=O)O)c4ccccc4)[C@H]3O)ccc12. The zero-order chi connectivity index (χ0) is 32.4. The molecule has 3 heterocycles. The molecule has 0 aliphatic carbocycles. The molecule has 3 aromatic rings. The number of aliphatic hydroxyl groups is 2. The molecule has 1 aliphatic heterocycles. The van der Waals surface area contributed by atoms with Crippen LogP contribution in [0.2, 0.25) is 0 Å². The Morgan fingerprint density at radius 1 is 1.18 bits per heavy atom. The summed E-state index contributed by atoms with van der Waals surface area (Å²) in [6.07, 6.45) is -2.57.